The monoisotopic (exact) mass is 305 g/mol. The zero-order chi connectivity index (χ0) is 14.9. The first kappa shape index (κ1) is 13.1. The van der Waals surface area contributed by atoms with Gasteiger partial charge < -0.3 is 0 Å². The first-order valence-electron chi connectivity index (χ1n) is 7.07. The van der Waals surface area contributed by atoms with E-state index in [0.717, 1.165) is 32.2 Å². The third-order valence-corrected chi connectivity index (χ3v) is 4.61. The van der Waals surface area contributed by atoms with E-state index in [9.17, 15) is 4.91 Å². The predicted octanol–water partition coefficient (Wildman–Crippen LogP) is 4.71. The normalized spacial score (nSPS) is 17.0. The molecule has 0 bridgehead atoms. The molecule has 2 heterocycles. The molecule has 3 aromatic rings. The highest BCUT2D eigenvalue weighted by Crippen LogP contribution is 2.38. The topological polar surface area (TPSA) is 32.4 Å². The summed E-state index contributed by atoms with van der Waals surface area (Å²) < 4.78 is 1.02. The summed E-state index contributed by atoms with van der Waals surface area (Å²) in [4.78, 5) is 17.4. The molecular formula is C18H13N2OS+. The van der Waals surface area contributed by atoms with Crippen LogP contribution in [0.4, 0.5) is 5.00 Å². The zero-order valence-electron chi connectivity index (χ0n) is 11.7. The van der Waals surface area contributed by atoms with Gasteiger partial charge in [-0.15, -0.1) is 0 Å². The van der Waals surface area contributed by atoms with Crippen molar-refractivity contribution in [1.82, 2.24) is 0 Å². The lowest BCUT2D eigenvalue weighted by Crippen LogP contribution is -2.19. The summed E-state index contributed by atoms with van der Waals surface area (Å²) in [7, 11) is 0. The molecule has 0 radical (unpaired) electrons. The molecule has 3 nitrogen and oxygen atoms in total. The highest BCUT2D eigenvalue weighted by atomic mass is 32.1. The van der Waals surface area contributed by atoms with Crippen LogP contribution in [0.25, 0.3) is 0 Å². The molecule has 22 heavy (non-hydrogen) atoms. The number of aliphatic imine (C=N–C) groups is 1. The van der Waals surface area contributed by atoms with Crippen molar-refractivity contribution < 1.29 is 4.76 Å². The van der Waals surface area contributed by atoms with Crippen molar-refractivity contribution in [1.29, 1.82) is 0 Å². The fourth-order valence-corrected chi connectivity index (χ4v) is 3.50. The molecule has 4 heteroatoms. The molecule has 1 aliphatic rings. The van der Waals surface area contributed by atoms with Gasteiger partial charge in [0.1, 0.15) is 0 Å². The van der Waals surface area contributed by atoms with Gasteiger partial charge in [-0.1, -0.05) is 72.0 Å². The van der Waals surface area contributed by atoms with E-state index < -0.39 is 6.17 Å². The van der Waals surface area contributed by atoms with Crippen LogP contribution in [0.2, 0.25) is 0 Å². The van der Waals surface area contributed by atoms with Crippen LogP contribution in [-0.2, 0) is 0 Å². The van der Waals surface area contributed by atoms with Crippen molar-refractivity contribution in [3.05, 3.63) is 93.7 Å². The molecule has 0 aliphatic carbocycles. The number of fused-ring (bicyclic) bond motifs is 1. The molecule has 0 spiro atoms. The van der Waals surface area contributed by atoms with E-state index in [-0.39, 0.29) is 0 Å². The largest absolute Gasteiger partial charge is 0.327 e. The summed E-state index contributed by atoms with van der Waals surface area (Å²) in [5.41, 5.74) is 3.75. The third kappa shape index (κ3) is 2.09. The van der Waals surface area contributed by atoms with Crippen LogP contribution >= 0.6 is 11.3 Å². The Labute approximate surface area is 132 Å². The van der Waals surface area contributed by atoms with Gasteiger partial charge in [0, 0.05) is 16.0 Å². The number of thiophene rings is 1. The zero-order valence-corrected chi connectivity index (χ0v) is 12.5. The summed E-state index contributed by atoms with van der Waals surface area (Å²) in [5.74, 6) is 0. The van der Waals surface area contributed by atoms with Gasteiger partial charge in [0.2, 0.25) is 0 Å². The standard InChI is InChI=1S/C18H13N2OS/c21-20-17(14-9-5-2-6-10-14)19-16(13-7-3-1-4-8-13)15-11-12-22-18(15)20/h1-12,17H/q+1. The van der Waals surface area contributed by atoms with E-state index in [1.807, 2.05) is 72.1 Å². The van der Waals surface area contributed by atoms with Crippen molar-refractivity contribution in [2.24, 2.45) is 4.99 Å². The number of benzene rings is 2. The van der Waals surface area contributed by atoms with Gasteiger partial charge in [-0.3, -0.25) is 0 Å². The average Bonchev–Trinajstić information content (AvgIpc) is 3.07. The molecule has 0 amide bonds. The van der Waals surface area contributed by atoms with Crippen LogP contribution in [0.3, 0.4) is 0 Å². The number of nitroso groups, excluding NO2 is 1. The quantitative estimate of drug-likeness (QED) is 0.631. The summed E-state index contributed by atoms with van der Waals surface area (Å²) >= 11 is 1.46. The summed E-state index contributed by atoms with van der Waals surface area (Å²) in [5, 5.41) is 2.67. The van der Waals surface area contributed by atoms with Crippen molar-refractivity contribution in [2.45, 2.75) is 6.17 Å². The molecule has 1 aromatic heterocycles. The maximum atomic E-state index is 12.7. The van der Waals surface area contributed by atoms with E-state index in [4.69, 9.17) is 4.99 Å². The fourth-order valence-electron chi connectivity index (χ4n) is 2.67. The minimum absolute atomic E-state index is 0.525. The Bertz CT molecular complexity index is 853. The fraction of sp³-hybridized carbons (Fsp3) is 0.0556. The minimum Gasteiger partial charge on any atom is -0.208 e. The molecule has 1 atom stereocenters. The van der Waals surface area contributed by atoms with E-state index in [2.05, 4.69) is 0 Å². The molecule has 0 saturated heterocycles. The van der Waals surface area contributed by atoms with Gasteiger partial charge >= 0.3 is 11.2 Å². The van der Waals surface area contributed by atoms with Gasteiger partial charge in [0.15, 0.2) is 0 Å². The van der Waals surface area contributed by atoms with Crippen LogP contribution in [0.1, 0.15) is 22.9 Å². The Kier molecular flexibility index (Phi) is 3.16. The van der Waals surface area contributed by atoms with Gasteiger partial charge in [-0.2, -0.15) is 0 Å². The number of rotatable bonds is 2. The summed E-state index contributed by atoms with van der Waals surface area (Å²) in [6.07, 6.45) is -0.525. The molecule has 106 valence electrons. The molecule has 1 unspecified atom stereocenters. The SMILES string of the molecule is O=[N+]1c2sccc2C(c2ccccc2)=NC1c1ccccc1. The molecule has 0 N–H and O–H groups in total. The van der Waals surface area contributed by atoms with E-state index >= 15 is 0 Å². The Balaban J connectivity index is 1.90. The Morgan fingerprint density at radius 2 is 1.59 bits per heavy atom. The second-order valence-electron chi connectivity index (χ2n) is 5.09. The number of hydrogen-bond donors (Lipinski definition) is 0. The van der Waals surface area contributed by atoms with Crippen molar-refractivity contribution in [3.8, 4) is 0 Å². The third-order valence-electron chi connectivity index (χ3n) is 3.72. The molecular weight excluding hydrogens is 292 g/mol. The maximum absolute atomic E-state index is 12.7. The molecule has 4 rings (SSSR count). The summed E-state index contributed by atoms with van der Waals surface area (Å²) in [6.45, 7) is 0. The summed E-state index contributed by atoms with van der Waals surface area (Å²) in [6, 6.07) is 21.7. The molecule has 0 fully saturated rings. The Morgan fingerprint density at radius 3 is 2.32 bits per heavy atom. The lowest BCUT2D eigenvalue weighted by atomic mass is 10.0. The van der Waals surface area contributed by atoms with Crippen molar-refractivity contribution in [2.75, 3.05) is 0 Å². The van der Waals surface area contributed by atoms with Gasteiger partial charge in [0.05, 0.1) is 16.0 Å². The maximum Gasteiger partial charge on any atom is 0.327 e. The molecule has 2 aromatic carbocycles. The van der Waals surface area contributed by atoms with Crippen molar-refractivity contribution in [3.63, 3.8) is 0 Å². The van der Waals surface area contributed by atoms with Crippen molar-refractivity contribution >= 4 is 22.0 Å². The highest BCUT2D eigenvalue weighted by Gasteiger charge is 2.39. The van der Waals surface area contributed by atoms with E-state index in [0.29, 0.717) is 0 Å². The smallest absolute Gasteiger partial charge is 0.208 e. The van der Waals surface area contributed by atoms with E-state index in [1.165, 1.54) is 11.3 Å². The number of hydrogen-bond acceptors (Lipinski definition) is 3. The van der Waals surface area contributed by atoms with Crippen LogP contribution in [0, 0.1) is 4.91 Å². The molecule has 0 saturated carbocycles. The first-order chi connectivity index (χ1) is 10.8. The Morgan fingerprint density at radius 1 is 0.909 bits per heavy atom. The Hall–Kier alpha value is -2.59. The highest BCUT2D eigenvalue weighted by molar-refractivity contribution is 7.13. The lowest BCUT2D eigenvalue weighted by molar-refractivity contribution is -0.508. The van der Waals surface area contributed by atoms with Gasteiger partial charge in [-0.05, 0) is 11.4 Å². The second-order valence-corrected chi connectivity index (χ2v) is 5.99. The van der Waals surface area contributed by atoms with Crippen LogP contribution in [0.15, 0.2) is 77.1 Å². The average molecular weight is 305 g/mol. The van der Waals surface area contributed by atoms with E-state index in [1.54, 1.807) is 0 Å². The van der Waals surface area contributed by atoms with Gasteiger partial charge in [0.25, 0.3) is 0 Å². The lowest BCUT2D eigenvalue weighted by Gasteiger charge is -2.14. The van der Waals surface area contributed by atoms with Gasteiger partial charge in [-0.25, -0.2) is 4.99 Å². The molecule has 1 aliphatic heterocycles. The minimum atomic E-state index is -0.525. The van der Waals surface area contributed by atoms with Crippen LogP contribution in [-0.4, -0.2) is 10.5 Å². The first-order valence-corrected chi connectivity index (χ1v) is 7.95. The predicted molar refractivity (Wildman–Crippen MR) is 88.9 cm³/mol. The number of nitrogens with zero attached hydrogens (tertiary/aromatic N) is 2. The second kappa shape index (κ2) is 5.31. The van der Waals surface area contributed by atoms with Crippen LogP contribution < -0.4 is 0 Å². The van der Waals surface area contributed by atoms with Crippen LogP contribution in [0.5, 0.6) is 0 Å².